The lowest BCUT2D eigenvalue weighted by molar-refractivity contribution is -0.133. The van der Waals surface area contributed by atoms with Crippen LogP contribution in [0.5, 0.6) is 5.75 Å². The van der Waals surface area contributed by atoms with Gasteiger partial charge in [0.2, 0.25) is 5.91 Å². The summed E-state index contributed by atoms with van der Waals surface area (Å²) in [6.07, 6.45) is 1.00. The van der Waals surface area contributed by atoms with Gasteiger partial charge < -0.3 is 10.0 Å². The van der Waals surface area contributed by atoms with E-state index in [1.807, 2.05) is 30.9 Å². The van der Waals surface area contributed by atoms with Gasteiger partial charge in [0.15, 0.2) is 0 Å². The highest BCUT2D eigenvalue weighted by atomic mass is 32.2. The third-order valence-electron chi connectivity index (χ3n) is 3.01. The molecule has 1 aliphatic heterocycles. The molecule has 2 rings (SSSR count). The summed E-state index contributed by atoms with van der Waals surface area (Å²) >= 11 is 1.86. The number of phenolic OH excluding ortho intramolecular Hbond substituents is 1. The molecule has 1 N–H and O–H groups in total. The molecule has 0 saturated carbocycles. The van der Waals surface area contributed by atoms with Crippen LogP contribution in [0.2, 0.25) is 0 Å². The van der Waals surface area contributed by atoms with E-state index in [0.29, 0.717) is 6.54 Å². The van der Waals surface area contributed by atoms with Crippen molar-refractivity contribution >= 4 is 17.7 Å². The van der Waals surface area contributed by atoms with Crippen LogP contribution in [0.1, 0.15) is 12.0 Å². The zero-order valence-corrected chi connectivity index (χ0v) is 10.7. The van der Waals surface area contributed by atoms with Gasteiger partial charge in [0.1, 0.15) is 5.75 Å². The average molecular weight is 251 g/mol. The summed E-state index contributed by atoms with van der Waals surface area (Å²) in [5.41, 5.74) is 1.05. The number of aromatic hydroxyl groups is 1. The van der Waals surface area contributed by atoms with Gasteiger partial charge in [-0.05, 0) is 29.9 Å². The summed E-state index contributed by atoms with van der Waals surface area (Å²) in [6, 6.07) is 7.00. The Morgan fingerprint density at radius 2 is 2.18 bits per heavy atom. The number of thioether (sulfide) groups is 1. The Labute approximate surface area is 106 Å². The van der Waals surface area contributed by atoms with Gasteiger partial charge in [0.25, 0.3) is 0 Å². The molecule has 92 valence electrons. The van der Waals surface area contributed by atoms with Gasteiger partial charge in [0, 0.05) is 25.3 Å². The lowest BCUT2D eigenvalue weighted by Gasteiger charge is -2.20. The Morgan fingerprint density at radius 3 is 2.76 bits per heavy atom. The molecule has 0 aliphatic carbocycles. The SMILES string of the molecule is CN(Cc1ccc(O)cc1)C(=O)C1CCSC1. The topological polar surface area (TPSA) is 40.5 Å². The standard InChI is InChI=1S/C13H17NO2S/c1-14(13(16)11-6-7-17-9-11)8-10-2-4-12(15)5-3-10/h2-5,11,15H,6-9H2,1H3. The van der Waals surface area contributed by atoms with Crippen LogP contribution in [0.4, 0.5) is 0 Å². The van der Waals surface area contributed by atoms with Crippen LogP contribution in [0.3, 0.4) is 0 Å². The fourth-order valence-electron chi connectivity index (χ4n) is 1.99. The molecule has 0 spiro atoms. The van der Waals surface area contributed by atoms with Crippen molar-refractivity contribution in [2.75, 3.05) is 18.6 Å². The molecule has 1 aliphatic rings. The predicted octanol–water partition coefficient (Wildman–Crippen LogP) is 2.10. The Hall–Kier alpha value is -1.16. The zero-order valence-electron chi connectivity index (χ0n) is 9.93. The van der Waals surface area contributed by atoms with Crippen LogP contribution in [-0.2, 0) is 11.3 Å². The highest BCUT2D eigenvalue weighted by Crippen LogP contribution is 2.25. The lowest BCUT2D eigenvalue weighted by Crippen LogP contribution is -2.32. The van der Waals surface area contributed by atoms with Gasteiger partial charge in [-0.3, -0.25) is 4.79 Å². The summed E-state index contributed by atoms with van der Waals surface area (Å²) in [6.45, 7) is 0.611. The van der Waals surface area contributed by atoms with Crippen molar-refractivity contribution in [1.29, 1.82) is 0 Å². The van der Waals surface area contributed by atoms with Crippen molar-refractivity contribution < 1.29 is 9.90 Å². The van der Waals surface area contributed by atoms with Gasteiger partial charge in [0.05, 0.1) is 0 Å². The number of phenols is 1. The van der Waals surface area contributed by atoms with Crippen LogP contribution < -0.4 is 0 Å². The van der Waals surface area contributed by atoms with Crippen LogP contribution in [0.15, 0.2) is 24.3 Å². The fraction of sp³-hybridized carbons (Fsp3) is 0.462. The number of rotatable bonds is 3. The van der Waals surface area contributed by atoms with Gasteiger partial charge in [-0.25, -0.2) is 0 Å². The highest BCUT2D eigenvalue weighted by molar-refractivity contribution is 7.99. The second-order valence-electron chi connectivity index (χ2n) is 4.42. The molecule has 1 aromatic carbocycles. The van der Waals surface area contributed by atoms with E-state index in [9.17, 15) is 9.90 Å². The first kappa shape index (κ1) is 12.3. The fourth-order valence-corrected chi connectivity index (χ4v) is 3.21. The van der Waals surface area contributed by atoms with Gasteiger partial charge in [-0.15, -0.1) is 0 Å². The Kier molecular flexibility index (Phi) is 3.94. The molecule has 4 heteroatoms. The third-order valence-corrected chi connectivity index (χ3v) is 4.17. The minimum Gasteiger partial charge on any atom is -0.508 e. The Morgan fingerprint density at radius 1 is 1.47 bits per heavy atom. The number of carbonyl (C=O) groups excluding carboxylic acids is 1. The molecule has 3 nitrogen and oxygen atoms in total. The second-order valence-corrected chi connectivity index (χ2v) is 5.57. The molecule has 0 bridgehead atoms. The first-order valence-corrected chi connectivity index (χ1v) is 6.93. The van der Waals surface area contributed by atoms with Crippen molar-refractivity contribution in [3.05, 3.63) is 29.8 Å². The minimum atomic E-state index is 0.196. The number of nitrogens with zero attached hydrogens (tertiary/aromatic N) is 1. The van der Waals surface area contributed by atoms with E-state index in [1.165, 1.54) is 0 Å². The van der Waals surface area contributed by atoms with Crippen LogP contribution in [-0.4, -0.2) is 34.5 Å². The van der Waals surface area contributed by atoms with E-state index in [2.05, 4.69) is 0 Å². The number of benzene rings is 1. The first-order chi connectivity index (χ1) is 8.16. The van der Waals surface area contributed by atoms with Gasteiger partial charge >= 0.3 is 0 Å². The van der Waals surface area contributed by atoms with Crippen molar-refractivity contribution in [1.82, 2.24) is 4.90 Å². The second kappa shape index (κ2) is 5.45. The van der Waals surface area contributed by atoms with Crippen molar-refractivity contribution in [2.45, 2.75) is 13.0 Å². The molecule has 1 atom stereocenters. The van der Waals surface area contributed by atoms with Crippen LogP contribution in [0, 0.1) is 5.92 Å². The van der Waals surface area contributed by atoms with Gasteiger partial charge in [-0.2, -0.15) is 11.8 Å². The van der Waals surface area contributed by atoms with Crippen LogP contribution >= 0.6 is 11.8 Å². The lowest BCUT2D eigenvalue weighted by atomic mass is 10.1. The molecule has 0 aromatic heterocycles. The maximum atomic E-state index is 12.1. The monoisotopic (exact) mass is 251 g/mol. The third kappa shape index (κ3) is 3.16. The molecule has 1 unspecified atom stereocenters. The highest BCUT2D eigenvalue weighted by Gasteiger charge is 2.25. The number of hydrogen-bond acceptors (Lipinski definition) is 3. The molecule has 1 fully saturated rings. The molecule has 1 heterocycles. The number of carbonyl (C=O) groups is 1. The molecular weight excluding hydrogens is 234 g/mol. The zero-order chi connectivity index (χ0) is 12.3. The van der Waals surface area contributed by atoms with Crippen molar-refractivity contribution in [3.63, 3.8) is 0 Å². The molecule has 1 aromatic rings. The maximum absolute atomic E-state index is 12.1. The average Bonchev–Trinajstić information content (AvgIpc) is 2.84. The van der Waals surface area contributed by atoms with E-state index in [4.69, 9.17) is 0 Å². The normalized spacial score (nSPS) is 19.2. The van der Waals surface area contributed by atoms with E-state index in [1.54, 1.807) is 17.0 Å². The Balaban J connectivity index is 1.93. The predicted molar refractivity (Wildman–Crippen MR) is 70.0 cm³/mol. The molecular formula is C13H17NO2S. The summed E-state index contributed by atoms with van der Waals surface area (Å²) in [4.78, 5) is 13.9. The van der Waals surface area contributed by atoms with Crippen molar-refractivity contribution in [3.8, 4) is 5.75 Å². The summed E-state index contributed by atoms with van der Waals surface area (Å²) in [5, 5.41) is 9.19. The summed E-state index contributed by atoms with van der Waals surface area (Å²) in [7, 11) is 1.85. The minimum absolute atomic E-state index is 0.196. The number of hydrogen-bond donors (Lipinski definition) is 1. The Bertz CT molecular complexity index is 385. The summed E-state index contributed by atoms with van der Waals surface area (Å²) < 4.78 is 0. The van der Waals surface area contributed by atoms with E-state index in [0.717, 1.165) is 23.5 Å². The molecule has 17 heavy (non-hydrogen) atoms. The van der Waals surface area contributed by atoms with Crippen LogP contribution in [0.25, 0.3) is 0 Å². The van der Waals surface area contributed by atoms with Gasteiger partial charge in [-0.1, -0.05) is 12.1 Å². The summed E-state index contributed by atoms with van der Waals surface area (Å²) in [5.74, 6) is 2.75. The van der Waals surface area contributed by atoms with E-state index < -0.39 is 0 Å². The smallest absolute Gasteiger partial charge is 0.226 e. The molecule has 1 saturated heterocycles. The molecule has 1 amide bonds. The van der Waals surface area contributed by atoms with E-state index >= 15 is 0 Å². The van der Waals surface area contributed by atoms with E-state index in [-0.39, 0.29) is 17.6 Å². The first-order valence-electron chi connectivity index (χ1n) is 5.77. The largest absolute Gasteiger partial charge is 0.508 e. The quantitative estimate of drug-likeness (QED) is 0.894. The number of amides is 1. The van der Waals surface area contributed by atoms with Crippen molar-refractivity contribution in [2.24, 2.45) is 5.92 Å². The molecule has 0 radical (unpaired) electrons. The maximum Gasteiger partial charge on any atom is 0.226 e.